The van der Waals surface area contributed by atoms with Gasteiger partial charge in [-0.1, -0.05) is 32.0 Å². The van der Waals surface area contributed by atoms with Crippen molar-refractivity contribution in [3.8, 4) is 0 Å². The Hall–Kier alpha value is -1.36. The van der Waals surface area contributed by atoms with Crippen LogP contribution < -0.4 is 0 Å². The molecule has 2 aromatic rings. The maximum absolute atomic E-state index is 12.6. The van der Waals surface area contributed by atoms with Crippen LogP contribution in [0.1, 0.15) is 40.8 Å². The average molecular weight is 285 g/mol. The van der Waals surface area contributed by atoms with Gasteiger partial charge >= 0.3 is 6.18 Å². The molecule has 5 heteroatoms. The van der Waals surface area contributed by atoms with Gasteiger partial charge in [0.2, 0.25) is 0 Å². The van der Waals surface area contributed by atoms with Crippen molar-refractivity contribution in [1.82, 2.24) is 4.98 Å². The second-order valence-corrected chi connectivity index (χ2v) is 5.83. The molecule has 0 spiro atoms. The van der Waals surface area contributed by atoms with E-state index in [1.807, 2.05) is 0 Å². The molecule has 0 unspecified atom stereocenters. The van der Waals surface area contributed by atoms with Crippen LogP contribution in [0.3, 0.4) is 0 Å². The molecule has 0 saturated carbocycles. The molecule has 0 aliphatic heterocycles. The smallest absolute Gasteiger partial charge is 0.249 e. The van der Waals surface area contributed by atoms with Crippen LogP contribution in [0, 0.1) is 0 Å². The van der Waals surface area contributed by atoms with Crippen molar-refractivity contribution in [1.29, 1.82) is 0 Å². The van der Waals surface area contributed by atoms with E-state index in [1.54, 1.807) is 23.6 Å². The summed E-state index contributed by atoms with van der Waals surface area (Å²) < 4.78 is 37.8. The van der Waals surface area contributed by atoms with Gasteiger partial charge in [-0.15, -0.1) is 11.3 Å². The molecule has 0 atom stereocenters. The lowest BCUT2D eigenvalue weighted by Crippen LogP contribution is -2.05. The van der Waals surface area contributed by atoms with Gasteiger partial charge in [0.05, 0.1) is 10.6 Å². The van der Waals surface area contributed by atoms with Crippen LogP contribution in [0.15, 0.2) is 30.5 Å². The molecule has 102 valence electrons. The highest BCUT2D eigenvalue weighted by molar-refractivity contribution is 7.11. The average Bonchev–Trinajstić information content (AvgIpc) is 2.77. The standard InChI is InChI=1S/C14H14F3NS/c1-9(2)12-8-18-13(19-12)7-10-4-3-5-11(6-10)14(15,16)17/h3-6,8-9H,7H2,1-2H3. The number of nitrogens with zero attached hydrogens (tertiary/aromatic N) is 1. The van der Waals surface area contributed by atoms with E-state index in [2.05, 4.69) is 18.8 Å². The largest absolute Gasteiger partial charge is 0.416 e. The van der Waals surface area contributed by atoms with Gasteiger partial charge in [-0.25, -0.2) is 4.98 Å². The number of alkyl halides is 3. The Bertz CT molecular complexity index is 558. The number of benzene rings is 1. The third-order valence-electron chi connectivity index (χ3n) is 2.75. The Labute approximate surface area is 114 Å². The van der Waals surface area contributed by atoms with Gasteiger partial charge in [0.15, 0.2) is 0 Å². The molecule has 0 bridgehead atoms. The Morgan fingerprint density at radius 2 is 2.00 bits per heavy atom. The second kappa shape index (κ2) is 5.33. The van der Waals surface area contributed by atoms with Crippen LogP contribution in [-0.2, 0) is 12.6 Å². The molecule has 0 amide bonds. The molecule has 1 nitrogen and oxygen atoms in total. The third kappa shape index (κ3) is 3.56. The zero-order valence-corrected chi connectivity index (χ0v) is 11.5. The highest BCUT2D eigenvalue weighted by Gasteiger charge is 2.30. The fourth-order valence-corrected chi connectivity index (χ4v) is 2.66. The first-order valence-corrected chi connectivity index (χ1v) is 6.78. The molecular formula is C14H14F3NS. The minimum atomic E-state index is -4.29. The van der Waals surface area contributed by atoms with Gasteiger partial charge in [0.1, 0.15) is 0 Å². The van der Waals surface area contributed by atoms with Crippen LogP contribution in [0.2, 0.25) is 0 Å². The number of thiazole rings is 1. The molecule has 1 aromatic heterocycles. The summed E-state index contributed by atoms with van der Waals surface area (Å²) in [5, 5.41) is 0.850. The fourth-order valence-electron chi connectivity index (χ4n) is 1.71. The van der Waals surface area contributed by atoms with Crippen molar-refractivity contribution in [2.45, 2.75) is 32.4 Å². The molecule has 19 heavy (non-hydrogen) atoms. The first kappa shape index (κ1) is 14.1. The molecule has 2 rings (SSSR count). The predicted octanol–water partition coefficient (Wildman–Crippen LogP) is 4.88. The van der Waals surface area contributed by atoms with Crippen molar-refractivity contribution in [2.75, 3.05) is 0 Å². The second-order valence-electron chi connectivity index (χ2n) is 4.69. The number of hydrogen-bond donors (Lipinski definition) is 0. The monoisotopic (exact) mass is 285 g/mol. The van der Waals surface area contributed by atoms with E-state index in [-0.39, 0.29) is 0 Å². The molecule has 0 aliphatic carbocycles. The number of rotatable bonds is 3. The van der Waals surface area contributed by atoms with E-state index < -0.39 is 11.7 Å². The fraction of sp³-hybridized carbons (Fsp3) is 0.357. The number of halogens is 3. The SMILES string of the molecule is CC(C)c1cnc(Cc2cccc(C(F)(F)F)c2)s1. The van der Waals surface area contributed by atoms with Crippen molar-refractivity contribution < 1.29 is 13.2 Å². The summed E-state index contributed by atoms with van der Waals surface area (Å²) in [5.74, 6) is 0.396. The van der Waals surface area contributed by atoms with E-state index in [1.165, 1.54) is 12.1 Å². The third-order valence-corrected chi connectivity index (χ3v) is 4.05. The molecular weight excluding hydrogens is 271 g/mol. The minimum Gasteiger partial charge on any atom is -0.249 e. The lowest BCUT2D eigenvalue weighted by molar-refractivity contribution is -0.137. The normalized spacial score (nSPS) is 12.1. The number of hydrogen-bond acceptors (Lipinski definition) is 2. The molecule has 0 aliphatic rings. The molecule has 0 radical (unpaired) electrons. The van der Waals surface area contributed by atoms with Crippen LogP contribution in [0.4, 0.5) is 13.2 Å². The maximum atomic E-state index is 12.6. The van der Waals surface area contributed by atoms with Crippen molar-refractivity contribution in [3.63, 3.8) is 0 Å². The van der Waals surface area contributed by atoms with Gasteiger partial charge in [0, 0.05) is 17.5 Å². The zero-order chi connectivity index (χ0) is 14.0. The Morgan fingerprint density at radius 1 is 1.26 bits per heavy atom. The summed E-state index contributed by atoms with van der Waals surface area (Å²) in [7, 11) is 0. The van der Waals surface area contributed by atoms with Gasteiger partial charge in [0.25, 0.3) is 0 Å². The van der Waals surface area contributed by atoms with Crippen LogP contribution in [0.25, 0.3) is 0 Å². The van der Waals surface area contributed by atoms with E-state index in [0.717, 1.165) is 16.0 Å². The van der Waals surface area contributed by atoms with E-state index in [9.17, 15) is 13.2 Å². The van der Waals surface area contributed by atoms with E-state index >= 15 is 0 Å². The molecule has 0 N–H and O–H groups in total. The summed E-state index contributed by atoms with van der Waals surface area (Å²) >= 11 is 1.56. The van der Waals surface area contributed by atoms with Gasteiger partial charge in [-0.05, 0) is 17.5 Å². The Morgan fingerprint density at radius 3 is 2.58 bits per heavy atom. The summed E-state index contributed by atoms with van der Waals surface area (Å²) in [4.78, 5) is 5.42. The van der Waals surface area contributed by atoms with Crippen LogP contribution in [0.5, 0.6) is 0 Å². The van der Waals surface area contributed by atoms with Crippen molar-refractivity contribution in [3.05, 3.63) is 51.5 Å². The first-order chi connectivity index (χ1) is 8.86. The van der Waals surface area contributed by atoms with Crippen molar-refractivity contribution in [2.24, 2.45) is 0 Å². The quantitative estimate of drug-likeness (QED) is 0.783. The topological polar surface area (TPSA) is 12.9 Å². The summed E-state index contributed by atoms with van der Waals surface area (Å²) in [6.07, 6.45) is -2.04. The van der Waals surface area contributed by atoms with Gasteiger partial charge in [-0.2, -0.15) is 13.2 Å². The van der Waals surface area contributed by atoms with Crippen LogP contribution in [-0.4, -0.2) is 4.98 Å². The molecule has 0 fully saturated rings. The van der Waals surface area contributed by atoms with E-state index in [0.29, 0.717) is 17.9 Å². The zero-order valence-electron chi connectivity index (χ0n) is 10.7. The predicted molar refractivity (Wildman–Crippen MR) is 70.5 cm³/mol. The van der Waals surface area contributed by atoms with Crippen LogP contribution >= 0.6 is 11.3 Å². The van der Waals surface area contributed by atoms with Gasteiger partial charge < -0.3 is 0 Å². The Kier molecular flexibility index (Phi) is 3.94. The van der Waals surface area contributed by atoms with Gasteiger partial charge in [-0.3, -0.25) is 0 Å². The summed E-state index contributed by atoms with van der Waals surface area (Å²) in [6, 6.07) is 5.42. The molecule has 1 aromatic carbocycles. The highest BCUT2D eigenvalue weighted by atomic mass is 32.1. The van der Waals surface area contributed by atoms with E-state index in [4.69, 9.17) is 0 Å². The highest BCUT2D eigenvalue weighted by Crippen LogP contribution is 2.30. The summed E-state index contributed by atoms with van der Waals surface area (Å²) in [5.41, 5.74) is 0.0325. The van der Waals surface area contributed by atoms with Crippen molar-refractivity contribution >= 4 is 11.3 Å². The summed E-state index contributed by atoms with van der Waals surface area (Å²) in [6.45, 7) is 4.14. The number of aromatic nitrogens is 1. The lowest BCUT2D eigenvalue weighted by Gasteiger charge is -2.07. The minimum absolute atomic E-state index is 0.396. The molecule has 1 heterocycles. The maximum Gasteiger partial charge on any atom is 0.416 e. The molecule has 0 saturated heterocycles. The Balaban J connectivity index is 2.19. The first-order valence-electron chi connectivity index (χ1n) is 5.97. The lowest BCUT2D eigenvalue weighted by atomic mass is 10.1.